The van der Waals surface area contributed by atoms with Crippen LogP contribution >= 0.6 is 0 Å². The molecule has 1 N–H and O–H groups in total. The van der Waals surface area contributed by atoms with Crippen LogP contribution in [0.25, 0.3) is 0 Å². The number of alkyl halides is 1. The van der Waals surface area contributed by atoms with Crippen molar-refractivity contribution in [2.24, 2.45) is 28.6 Å². The van der Waals surface area contributed by atoms with Gasteiger partial charge in [0.1, 0.15) is 23.7 Å². The van der Waals surface area contributed by atoms with Crippen molar-refractivity contribution in [1.82, 2.24) is 0 Å². The molecule has 0 aromatic heterocycles. The van der Waals surface area contributed by atoms with E-state index < -0.39 is 34.0 Å². The van der Waals surface area contributed by atoms with E-state index in [1.807, 2.05) is 6.92 Å². The normalized spacial score (nSPS) is 58.4. The van der Waals surface area contributed by atoms with E-state index >= 15 is 4.39 Å². The Kier molecular flexibility index (Phi) is 4.13. The van der Waals surface area contributed by atoms with Crippen LogP contribution in [0, 0.1) is 28.6 Å². The molecule has 0 aromatic rings. The monoisotopic (exact) mass is 436 g/mol. The molecule has 5 fully saturated rings. The minimum absolute atomic E-state index is 0.00549. The maximum Gasteiger partial charge on any atom is 0.227 e. The predicted molar refractivity (Wildman–Crippen MR) is 107 cm³/mol. The van der Waals surface area contributed by atoms with Crippen molar-refractivity contribution in [2.45, 2.75) is 82.5 Å². The number of rotatable bonds is 0. The summed E-state index contributed by atoms with van der Waals surface area (Å²) in [6.07, 6.45) is 3.72. The van der Waals surface area contributed by atoms with Gasteiger partial charge in [-0.2, -0.15) is 0 Å². The lowest BCUT2D eigenvalue weighted by molar-refractivity contribution is -0.278. The standard InChI is InChI=1S/C24H33FO6/c1-14-8-18-17-5-4-15-9-16(26)6-7-20(15,2)23(17,25)19(27)10-21(18,3)24(14)22(30-13-31-24)11-28-12-29-22/h4,14,17-19,27H,5-13H2,1-3H3/t14-,17-,18-,19-,20-,21-,22?,23-,24+/m0/s1. The first-order valence-electron chi connectivity index (χ1n) is 11.7. The molecule has 9 atom stereocenters. The van der Waals surface area contributed by atoms with Crippen LogP contribution in [0.15, 0.2) is 11.6 Å². The van der Waals surface area contributed by atoms with Crippen molar-refractivity contribution in [2.75, 3.05) is 20.2 Å². The summed E-state index contributed by atoms with van der Waals surface area (Å²) in [5, 5.41) is 11.6. The molecule has 6 aliphatic rings. The maximum absolute atomic E-state index is 17.3. The average Bonchev–Trinajstić information content (AvgIpc) is 3.40. The van der Waals surface area contributed by atoms with Gasteiger partial charge in [0, 0.05) is 29.6 Å². The highest BCUT2D eigenvalue weighted by Gasteiger charge is 2.81. The van der Waals surface area contributed by atoms with Gasteiger partial charge in [-0.1, -0.05) is 32.4 Å². The number of aliphatic hydroxyl groups excluding tert-OH is 1. The van der Waals surface area contributed by atoms with Gasteiger partial charge in [0.25, 0.3) is 0 Å². The zero-order valence-corrected chi connectivity index (χ0v) is 18.6. The van der Waals surface area contributed by atoms with E-state index in [9.17, 15) is 9.90 Å². The largest absolute Gasteiger partial charge is 0.390 e. The number of carbonyl (C=O) groups excluding carboxylic acids is 1. The second kappa shape index (κ2) is 6.17. The lowest BCUT2D eigenvalue weighted by Crippen LogP contribution is -2.71. The van der Waals surface area contributed by atoms with Crippen LogP contribution in [-0.2, 0) is 23.7 Å². The van der Waals surface area contributed by atoms with Crippen LogP contribution in [0.5, 0.6) is 0 Å². The molecule has 2 aliphatic heterocycles. The Hall–Kier alpha value is -0.860. The lowest BCUT2D eigenvalue weighted by atomic mass is 9.44. The molecule has 0 amide bonds. The van der Waals surface area contributed by atoms with Crippen LogP contribution < -0.4 is 0 Å². The highest BCUT2D eigenvalue weighted by Crippen LogP contribution is 2.74. The highest BCUT2D eigenvalue weighted by atomic mass is 19.1. The summed E-state index contributed by atoms with van der Waals surface area (Å²) in [6, 6.07) is 0. The zero-order chi connectivity index (χ0) is 21.9. The molecule has 0 radical (unpaired) electrons. The first-order chi connectivity index (χ1) is 14.6. The number of fused-ring (bicyclic) bond motifs is 7. The van der Waals surface area contributed by atoms with Gasteiger partial charge in [-0.25, -0.2) is 4.39 Å². The van der Waals surface area contributed by atoms with Crippen LogP contribution in [-0.4, -0.2) is 54.2 Å². The topological polar surface area (TPSA) is 74.2 Å². The molecule has 172 valence electrons. The summed E-state index contributed by atoms with van der Waals surface area (Å²) in [4.78, 5) is 12.1. The van der Waals surface area contributed by atoms with E-state index in [2.05, 4.69) is 19.9 Å². The van der Waals surface area contributed by atoms with Crippen molar-refractivity contribution in [3.8, 4) is 0 Å². The molecular formula is C24H33FO6. The van der Waals surface area contributed by atoms with Gasteiger partial charge in [-0.15, -0.1) is 0 Å². The van der Waals surface area contributed by atoms with Gasteiger partial charge in [-0.05, 0) is 37.5 Å². The zero-order valence-electron chi connectivity index (χ0n) is 18.6. The quantitative estimate of drug-likeness (QED) is 0.588. The fourth-order valence-corrected chi connectivity index (χ4v) is 9.01. The van der Waals surface area contributed by atoms with E-state index in [0.717, 1.165) is 12.0 Å². The Morgan fingerprint density at radius 3 is 2.68 bits per heavy atom. The van der Waals surface area contributed by atoms with Gasteiger partial charge in [0.2, 0.25) is 5.79 Å². The van der Waals surface area contributed by atoms with Gasteiger partial charge < -0.3 is 24.1 Å². The minimum Gasteiger partial charge on any atom is -0.390 e. The molecule has 31 heavy (non-hydrogen) atoms. The fraction of sp³-hybridized carbons (Fsp3) is 0.875. The highest BCUT2D eigenvalue weighted by molar-refractivity contribution is 5.83. The van der Waals surface area contributed by atoms with Crippen molar-refractivity contribution >= 4 is 5.78 Å². The second-order valence-electron chi connectivity index (χ2n) is 11.3. The number of halogens is 1. The van der Waals surface area contributed by atoms with Gasteiger partial charge in [0.15, 0.2) is 13.6 Å². The number of aliphatic hydroxyl groups is 1. The minimum atomic E-state index is -1.76. The second-order valence-corrected chi connectivity index (χ2v) is 11.3. The number of hydrogen-bond acceptors (Lipinski definition) is 6. The van der Waals surface area contributed by atoms with Gasteiger partial charge in [0.05, 0.1) is 6.10 Å². The van der Waals surface area contributed by atoms with Crippen LogP contribution in [0.3, 0.4) is 0 Å². The Balaban J connectivity index is 1.47. The van der Waals surface area contributed by atoms with Crippen molar-refractivity contribution < 1.29 is 33.2 Å². The van der Waals surface area contributed by atoms with E-state index in [1.54, 1.807) is 0 Å². The number of ketones is 1. The Bertz CT molecular complexity index is 847. The molecule has 2 heterocycles. The fourth-order valence-electron chi connectivity index (χ4n) is 9.01. The van der Waals surface area contributed by atoms with E-state index in [1.165, 1.54) is 0 Å². The van der Waals surface area contributed by atoms with Crippen LogP contribution in [0.2, 0.25) is 0 Å². The first kappa shape index (κ1) is 20.7. The third kappa shape index (κ3) is 2.10. The molecule has 6 rings (SSSR count). The Morgan fingerprint density at radius 2 is 1.94 bits per heavy atom. The summed E-state index contributed by atoms with van der Waals surface area (Å²) >= 11 is 0. The average molecular weight is 437 g/mol. The molecule has 7 heteroatoms. The van der Waals surface area contributed by atoms with Gasteiger partial charge in [-0.3, -0.25) is 4.79 Å². The number of ether oxygens (including phenoxy) is 4. The Morgan fingerprint density at radius 1 is 1.16 bits per heavy atom. The lowest BCUT2D eigenvalue weighted by Gasteiger charge is -2.63. The summed E-state index contributed by atoms with van der Waals surface area (Å²) in [5.74, 6) is -1.11. The summed E-state index contributed by atoms with van der Waals surface area (Å²) in [6.45, 7) is 6.75. The number of hydrogen-bond donors (Lipinski definition) is 1. The third-order valence-corrected chi connectivity index (χ3v) is 10.4. The predicted octanol–water partition coefficient (Wildman–Crippen LogP) is 3.27. The molecule has 3 saturated carbocycles. The SMILES string of the molecule is C[C@H]1C[C@H]2[C@@H]3CC=C4CC(=O)CC[C@]4(C)[C@@]3(F)[C@@H](O)C[C@]2(C)[C@]12OCOC21COCO1. The maximum atomic E-state index is 17.3. The number of Topliss-reactive ketones (excluding diaryl/α,β-unsaturated/α-hetero) is 1. The molecule has 2 spiro atoms. The molecule has 4 aliphatic carbocycles. The summed E-state index contributed by atoms with van der Waals surface area (Å²) in [7, 11) is 0. The molecule has 1 unspecified atom stereocenters. The van der Waals surface area contributed by atoms with Crippen molar-refractivity contribution in [3.05, 3.63) is 11.6 Å². The smallest absolute Gasteiger partial charge is 0.227 e. The summed E-state index contributed by atoms with van der Waals surface area (Å²) < 4.78 is 41.4. The molecule has 2 saturated heterocycles. The van der Waals surface area contributed by atoms with E-state index in [0.29, 0.717) is 25.7 Å². The molecule has 0 aromatic carbocycles. The summed E-state index contributed by atoms with van der Waals surface area (Å²) in [5.41, 5.74) is -3.00. The van der Waals surface area contributed by atoms with Gasteiger partial charge >= 0.3 is 0 Å². The number of allylic oxidation sites excluding steroid dienone is 2. The molecule has 0 bridgehead atoms. The van der Waals surface area contributed by atoms with Crippen molar-refractivity contribution in [3.63, 3.8) is 0 Å². The van der Waals surface area contributed by atoms with E-state index in [4.69, 9.17) is 18.9 Å². The molecule has 6 nitrogen and oxygen atoms in total. The van der Waals surface area contributed by atoms with Crippen molar-refractivity contribution in [1.29, 1.82) is 0 Å². The van der Waals surface area contributed by atoms with Crippen LogP contribution in [0.4, 0.5) is 4.39 Å². The third-order valence-electron chi connectivity index (χ3n) is 10.4. The van der Waals surface area contributed by atoms with Crippen LogP contribution in [0.1, 0.15) is 59.3 Å². The Labute approximate surface area is 182 Å². The number of carbonyl (C=O) groups is 1. The van der Waals surface area contributed by atoms with E-state index in [-0.39, 0.29) is 50.2 Å². The first-order valence-corrected chi connectivity index (χ1v) is 11.7. The molecular weight excluding hydrogens is 403 g/mol.